The minimum atomic E-state index is 0.00242. The second-order valence-electron chi connectivity index (χ2n) is 5.92. The van der Waals surface area contributed by atoms with Crippen molar-refractivity contribution >= 4 is 5.91 Å². The molecule has 2 aromatic heterocycles. The normalized spacial score (nSPS) is 17.8. The predicted molar refractivity (Wildman–Crippen MR) is 88.0 cm³/mol. The van der Waals surface area contributed by atoms with Gasteiger partial charge in [0.15, 0.2) is 0 Å². The zero-order valence-corrected chi connectivity index (χ0v) is 13.2. The zero-order chi connectivity index (χ0) is 15.9. The quantitative estimate of drug-likeness (QED) is 0.838. The van der Waals surface area contributed by atoms with E-state index in [0.29, 0.717) is 12.5 Å². The Hall–Kier alpha value is -2.21. The smallest absolute Gasteiger partial charge is 0.241 e. The number of pyridine rings is 1. The van der Waals surface area contributed by atoms with Gasteiger partial charge in [-0.3, -0.25) is 14.5 Å². The van der Waals surface area contributed by atoms with Crippen LogP contribution in [0.1, 0.15) is 30.0 Å². The van der Waals surface area contributed by atoms with Crippen LogP contribution in [0.4, 0.5) is 0 Å². The third kappa shape index (κ3) is 4.39. The van der Waals surface area contributed by atoms with Gasteiger partial charge in [-0.05, 0) is 43.5 Å². The average molecular weight is 313 g/mol. The molecule has 23 heavy (non-hydrogen) atoms. The van der Waals surface area contributed by atoms with E-state index in [2.05, 4.69) is 20.7 Å². The third-order valence-electron chi connectivity index (χ3n) is 4.22. The van der Waals surface area contributed by atoms with Crippen molar-refractivity contribution in [3.8, 4) is 0 Å². The number of amides is 1. The summed E-state index contributed by atoms with van der Waals surface area (Å²) in [6.07, 6.45) is 8.48. The molecule has 6 nitrogen and oxygen atoms in total. The molecule has 2 aromatic rings. The summed E-state index contributed by atoms with van der Waals surface area (Å²) in [5.41, 5.74) is 2.28. The fraction of sp³-hybridized carbons (Fsp3) is 0.471. The van der Waals surface area contributed by atoms with Crippen LogP contribution < -0.4 is 10.6 Å². The highest BCUT2D eigenvalue weighted by Crippen LogP contribution is 2.22. The van der Waals surface area contributed by atoms with Crippen molar-refractivity contribution in [2.24, 2.45) is 0 Å². The first kappa shape index (κ1) is 15.7. The second kappa shape index (κ2) is 7.87. The molecule has 2 N–H and O–H groups in total. The molecule has 0 radical (unpaired) electrons. The molecule has 0 bridgehead atoms. The van der Waals surface area contributed by atoms with Gasteiger partial charge in [0.2, 0.25) is 5.91 Å². The molecule has 1 aliphatic rings. The van der Waals surface area contributed by atoms with Crippen LogP contribution in [0.15, 0.2) is 36.8 Å². The maximum atomic E-state index is 12.1. The molecule has 0 aliphatic carbocycles. The van der Waals surface area contributed by atoms with Crippen molar-refractivity contribution in [2.75, 3.05) is 19.6 Å². The molecule has 0 unspecified atom stereocenters. The van der Waals surface area contributed by atoms with Crippen LogP contribution in [0.2, 0.25) is 0 Å². The van der Waals surface area contributed by atoms with Gasteiger partial charge >= 0.3 is 0 Å². The van der Waals surface area contributed by atoms with Crippen LogP contribution in [-0.4, -0.2) is 40.3 Å². The highest BCUT2D eigenvalue weighted by molar-refractivity contribution is 5.75. The Morgan fingerprint density at radius 1 is 1.39 bits per heavy atom. The summed E-state index contributed by atoms with van der Waals surface area (Å²) in [6, 6.07) is 5.95. The van der Waals surface area contributed by atoms with E-state index in [1.54, 1.807) is 12.4 Å². The van der Waals surface area contributed by atoms with Gasteiger partial charge in [-0.1, -0.05) is 6.07 Å². The van der Waals surface area contributed by atoms with Gasteiger partial charge in [-0.2, -0.15) is 5.10 Å². The lowest BCUT2D eigenvalue weighted by atomic mass is 9.96. The Morgan fingerprint density at radius 3 is 3.13 bits per heavy atom. The molecular formula is C17H23N5O. The molecule has 3 heterocycles. The Balaban J connectivity index is 1.49. The largest absolute Gasteiger partial charge is 0.354 e. The van der Waals surface area contributed by atoms with Gasteiger partial charge in [-0.25, -0.2) is 0 Å². The molecule has 1 amide bonds. The van der Waals surface area contributed by atoms with Crippen LogP contribution >= 0.6 is 0 Å². The summed E-state index contributed by atoms with van der Waals surface area (Å²) < 4.78 is 1.83. The summed E-state index contributed by atoms with van der Waals surface area (Å²) >= 11 is 0. The molecule has 1 fully saturated rings. The third-order valence-corrected chi connectivity index (χ3v) is 4.22. The first-order valence-electron chi connectivity index (χ1n) is 8.21. The fourth-order valence-corrected chi connectivity index (χ4v) is 3.01. The Bertz CT molecular complexity index is 619. The summed E-state index contributed by atoms with van der Waals surface area (Å²) in [4.78, 5) is 16.2. The van der Waals surface area contributed by atoms with Crippen molar-refractivity contribution in [1.82, 2.24) is 25.4 Å². The Morgan fingerprint density at radius 2 is 2.35 bits per heavy atom. The van der Waals surface area contributed by atoms with E-state index in [0.717, 1.165) is 37.2 Å². The summed E-state index contributed by atoms with van der Waals surface area (Å²) in [6.45, 7) is 2.95. The lowest BCUT2D eigenvalue weighted by molar-refractivity contribution is -0.121. The summed E-state index contributed by atoms with van der Waals surface area (Å²) in [5, 5.41) is 10.7. The van der Waals surface area contributed by atoms with Crippen molar-refractivity contribution < 1.29 is 4.79 Å². The SMILES string of the molecule is O=C(Cn1nccc1[C@@H]1CCCNC1)NCCc1cccnc1. The van der Waals surface area contributed by atoms with Crippen molar-refractivity contribution in [3.05, 3.63) is 48.0 Å². The molecule has 3 rings (SSSR count). The second-order valence-corrected chi connectivity index (χ2v) is 5.92. The van der Waals surface area contributed by atoms with Crippen molar-refractivity contribution in [1.29, 1.82) is 0 Å². The minimum Gasteiger partial charge on any atom is -0.354 e. The fourth-order valence-electron chi connectivity index (χ4n) is 3.01. The van der Waals surface area contributed by atoms with E-state index < -0.39 is 0 Å². The number of piperidine rings is 1. The van der Waals surface area contributed by atoms with E-state index in [1.165, 1.54) is 6.42 Å². The monoisotopic (exact) mass is 313 g/mol. The lowest BCUT2D eigenvalue weighted by Gasteiger charge is -2.23. The number of hydrogen-bond acceptors (Lipinski definition) is 4. The van der Waals surface area contributed by atoms with Crippen molar-refractivity contribution in [3.63, 3.8) is 0 Å². The van der Waals surface area contributed by atoms with E-state index in [9.17, 15) is 4.79 Å². The summed E-state index contributed by atoms with van der Waals surface area (Å²) in [5.74, 6) is 0.456. The van der Waals surface area contributed by atoms with Gasteiger partial charge in [0.05, 0.1) is 0 Å². The molecule has 1 aliphatic heterocycles. The topological polar surface area (TPSA) is 71.8 Å². The van der Waals surface area contributed by atoms with Crippen LogP contribution in [0, 0.1) is 0 Å². The number of hydrogen-bond donors (Lipinski definition) is 2. The maximum Gasteiger partial charge on any atom is 0.241 e. The number of nitrogens with zero attached hydrogens (tertiary/aromatic N) is 3. The number of rotatable bonds is 6. The first-order chi connectivity index (χ1) is 11.3. The number of carbonyl (C=O) groups excluding carboxylic acids is 1. The highest BCUT2D eigenvalue weighted by atomic mass is 16.2. The van der Waals surface area contributed by atoms with Gasteiger partial charge in [0.25, 0.3) is 0 Å². The Kier molecular flexibility index (Phi) is 5.37. The standard InChI is InChI=1S/C17H23N5O/c23-17(20-9-5-14-3-1-7-18-11-14)13-22-16(6-10-21-22)15-4-2-8-19-12-15/h1,3,6-7,10-11,15,19H,2,4-5,8-9,12-13H2,(H,20,23)/t15-/m1/s1. The van der Waals surface area contributed by atoms with Crippen molar-refractivity contribution in [2.45, 2.75) is 31.7 Å². The van der Waals surface area contributed by atoms with E-state index in [1.807, 2.05) is 29.1 Å². The van der Waals surface area contributed by atoms with Crippen LogP contribution in [0.5, 0.6) is 0 Å². The lowest BCUT2D eigenvalue weighted by Crippen LogP contribution is -2.33. The minimum absolute atomic E-state index is 0.00242. The van der Waals surface area contributed by atoms with E-state index in [4.69, 9.17) is 0 Å². The van der Waals surface area contributed by atoms with Crippen LogP contribution in [-0.2, 0) is 17.8 Å². The molecule has 6 heteroatoms. The van der Waals surface area contributed by atoms with Gasteiger partial charge in [0.1, 0.15) is 6.54 Å². The first-order valence-corrected chi connectivity index (χ1v) is 8.21. The predicted octanol–water partition coefficient (Wildman–Crippen LogP) is 1.10. The Labute approximate surface area is 136 Å². The molecule has 122 valence electrons. The maximum absolute atomic E-state index is 12.1. The average Bonchev–Trinajstić information content (AvgIpc) is 3.05. The summed E-state index contributed by atoms with van der Waals surface area (Å²) in [7, 11) is 0. The molecule has 1 saturated heterocycles. The number of aromatic nitrogens is 3. The highest BCUT2D eigenvalue weighted by Gasteiger charge is 2.19. The molecule has 0 spiro atoms. The molecule has 0 saturated carbocycles. The zero-order valence-electron chi connectivity index (χ0n) is 13.2. The molecule has 0 aromatic carbocycles. The van der Waals surface area contributed by atoms with Crippen LogP contribution in [0.25, 0.3) is 0 Å². The van der Waals surface area contributed by atoms with E-state index in [-0.39, 0.29) is 12.5 Å². The molecule has 1 atom stereocenters. The van der Waals surface area contributed by atoms with Gasteiger partial charge < -0.3 is 10.6 Å². The van der Waals surface area contributed by atoms with Crippen LogP contribution in [0.3, 0.4) is 0 Å². The van der Waals surface area contributed by atoms with E-state index >= 15 is 0 Å². The molecular weight excluding hydrogens is 290 g/mol. The number of nitrogens with one attached hydrogen (secondary N) is 2. The van der Waals surface area contributed by atoms with Gasteiger partial charge in [-0.15, -0.1) is 0 Å². The van der Waals surface area contributed by atoms with Gasteiger partial charge in [0, 0.05) is 43.3 Å². The number of carbonyl (C=O) groups is 1.